The van der Waals surface area contributed by atoms with E-state index in [1.807, 2.05) is 0 Å². The van der Waals surface area contributed by atoms with E-state index in [1.165, 1.54) is 30.3 Å². The fourth-order valence-corrected chi connectivity index (χ4v) is 3.68. The van der Waals surface area contributed by atoms with E-state index >= 15 is 0 Å². The Balaban J connectivity index is 1.99. The molecule has 3 heterocycles. The van der Waals surface area contributed by atoms with E-state index in [1.54, 1.807) is 0 Å². The van der Waals surface area contributed by atoms with Crippen molar-refractivity contribution in [1.82, 2.24) is 19.7 Å². The van der Waals surface area contributed by atoms with Crippen molar-refractivity contribution in [3.05, 3.63) is 76.2 Å². The van der Waals surface area contributed by atoms with E-state index in [9.17, 15) is 26.7 Å². The zero-order valence-corrected chi connectivity index (χ0v) is 16.5. The van der Waals surface area contributed by atoms with Crippen LogP contribution in [0.1, 0.15) is 5.69 Å². The molecular weight excluding hydrogens is 451 g/mol. The molecule has 168 valence electrons. The first-order valence-corrected chi connectivity index (χ1v) is 9.32. The second-order valence-corrected chi connectivity index (χ2v) is 6.93. The van der Waals surface area contributed by atoms with E-state index in [-0.39, 0.29) is 16.9 Å². The normalized spacial score (nSPS) is 12.1. The summed E-state index contributed by atoms with van der Waals surface area (Å²) in [4.78, 5) is 18.1. The molecule has 0 aliphatic heterocycles. The second kappa shape index (κ2) is 7.15. The summed E-state index contributed by atoms with van der Waals surface area (Å²) in [6.07, 6.45) is -5.02. The molecule has 0 bridgehead atoms. The van der Waals surface area contributed by atoms with Gasteiger partial charge in [0.25, 0.3) is 5.56 Å². The van der Waals surface area contributed by atoms with Crippen LogP contribution in [0, 0.1) is 11.6 Å². The molecule has 7 nitrogen and oxygen atoms in total. The molecule has 33 heavy (non-hydrogen) atoms. The van der Waals surface area contributed by atoms with E-state index in [2.05, 4.69) is 10.3 Å². The van der Waals surface area contributed by atoms with Gasteiger partial charge in [0.15, 0.2) is 11.3 Å². The zero-order valence-electron chi connectivity index (χ0n) is 16.5. The molecule has 3 aromatic heterocycles. The van der Waals surface area contributed by atoms with Gasteiger partial charge < -0.3 is 9.36 Å². The maximum absolute atomic E-state index is 14.4. The number of hydrogen-bond acceptors (Lipinski definition) is 5. The van der Waals surface area contributed by atoms with Gasteiger partial charge in [0.1, 0.15) is 29.8 Å². The molecular formula is C21H11F5N4O3. The average molecular weight is 462 g/mol. The smallest absolute Gasteiger partial charge is 0.412 e. The number of rotatable bonds is 3. The van der Waals surface area contributed by atoms with Gasteiger partial charge >= 0.3 is 6.18 Å². The molecule has 5 aromatic rings. The average Bonchev–Trinajstić information content (AvgIpc) is 3.37. The minimum Gasteiger partial charge on any atom is -0.412 e. The first-order valence-electron chi connectivity index (χ1n) is 9.32. The lowest BCUT2D eigenvalue weighted by Gasteiger charge is -2.10. The molecule has 0 N–H and O–H groups in total. The van der Waals surface area contributed by atoms with Crippen LogP contribution in [0.4, 0.5) is 22.0 Å². The summed E-state index contributed by atoms with van der Waals surface area (Å²) >= 11 is 0. The quantitative estimate of drug-likeness (QED) is 0.373. The highest BCUT2D eigenvalue weighted by molar-refractivity contribution is 6.07. The topological polar surface area (TPSA) is 75.1 Å². The Morgan fingerprint density at radius 3 is 2.45 bits per heavy atom. The molecule has 0 saturated carbocycles. The molecule has 0 radical (unpaired) electrons. The van der Waals surface area contributed by atoms with Crippen LogP contribution in [-0.2, 0) is 6.18 Å². The van der Waals surface area contributed by atoms with Crippen molar-refractivity contribution in [1.29, 1.82) is 0 Å². The van der Waals surface area contributed by atoms with Gasteiger partial charge in [0.05, 0.1) is 11.1 Å². The van der Waals surface area contributed by atoms with E-state index in [0.29, 0.717) is 9.41 Å². The van der Waals surface area contributed by atoms with Crippen molar-refractivity contribution in [2.75, 3.05) is 7.11 Å². The lowest BCUT2D eigenvalue weighted by Crippen LogP contribution is -2.25. The predicted octanol–water partition coefficient (Wildman–Crippen LogP) is 4.35. The van der Waals surface area contributed by atoms with Crippen LogP contribution in [0.2, 0.25) is 0 Å². The summed E-state index contributed by atoms with van der Waals surface area (Å²) in [5.74, 6) is -1.56. The molecule has 0 fully saturated rings. The van der Waals surface area contributed by atoms with Crippen LogP contribution >= 0.6 is 0 Å². The highest BCUT2D eigenvalue weighted by Gasteiger charge is 2.42. The molecule has 0 unspecified atom stereocenters. The second-order valence-electron chi connectivity index (χ2n) is 6.93. The van der Waals surface area contributed by atoms with Gasteiger partial charge in [-0.25, -0.2) is 13.5 Å². The van der Waals surface area contributed by atoms with E-state index in [0.717, 1.165) is 25.3 Å². The van der Waals surface area contributed by atoms with Crippen molar-refractivity contribution >= 4 is 22.0 Å². The SMILES string of the molecule is COn1c(=O)c2c(-c3ccccc3F)noc2c2c(C(F)(F)F)n(-c3cccc(F)c3)nc21. The van der Waals surface area contributed by atoms with Crippen molar-refractivity contribution in [2.24, 2.45) is 0 Å². The molecule has 12 heteroatoms. The Hall–Kier alpha value is -4.22. The number of aromatic nitrogens is 4. The maximum Gasteiger partial charge on any atom is 0.434 e. The van der Waals surface area contributed by atoms with Gasteiger partial charge in [0, 0.05) is 5.56 Å². The molecule has 5 rings (SSSR count). The van der Waals surface area contributed by atoms with Crippen LogP contribution in [0.3, 0.4) is 0 Å². The largest absolute Gasteiger partial charge is 0.434 e. The molecule has 0 saturated heterocycles. The third kappa shape index (κ3) is 3.05. The molecule has 0 atom stereocenters. The number of halogens is 5. The van der Waals surface area contributed by atoms with Crippen molar-refractivity contribution in [3.8, 4) is 16.9 Å². The molecule has 2 aromatic carbocycles. The van der Waals surface area contributed by atoms with E-state index < -0.39 is 51.1 Å². The van der Waals surface area contributed by atoms with Gasteiger partial charge in [-0.1, -0.05) is 23.4 Å². The number of alkyl halides is 3. The van der Waals surface area contributed by atoms with Gasteiger partial charge in [-0.3, -0.25) is 4.79 Å². The van der Waals surface area contributed by atoms with Crippen molar-refractivity contribution in [3.63, 3.8) is 0 Å². The highest BCUT2D eigenvalue weighted by atomic mass is 19.4. The first-order chi connectivity index (χ1) is 15.7. The number of nitrogens with zero attached hydrogens (tertiary/aromatic N) is 4. The standard InChI is InChI=1S/C21H11F5N4O3/c1-32-30-19-15(18(21(24,25)26)29(27-19)11-6-4-5-10(22)9-11)17-14(20(30)31)16(28-33-17)12-7-2-3-8-13(12)23/h2-9H,1H3. The summed E-state index contributed by atoms with van der Waals surface area (Å²) in [6.45, 7) is 0. The third-order valence-corrected chi connectivity index (χ3v) is 5.01. The lowest BCUT2D eigenvalue weighted by molar-refractivity contribution is -0.141. The predicted molar refractivity (Wildman–Crippen MR) is 106 cm³/mol. The fourth-order valence-electron chi connectivity index (χ4n) is 3.68. The Morgan fingerprint density at radius 1 is 1.03 bits per heavy atom. The van der Waals surface area contributed by atoms with Crippen LogP contribution in [0.15, 0.2) is 57.8 Å². The highest BCUT2D eigenvalue weighted by Crippen LogP contribution is 2.40. The number of fused-ring (bicyclic) bond motifs is 3. The summed E-state index contributed by atoms with van der Waals surface area (Å²) in [7, 11) is 1.05. The summed E-state index contributed by atoms with van der Waals surface area (Å²) < 4.78 is 77.0. The molecule has 0 amide bonds. The lowest BCUT2D eigenvalue weighted by atomic mass is 10.1. The van der Waals surface area contributed by atoms with Crippen molar-refractivity contribution < 1.29 is 31.3 Å². The number of benzene rings is 2. The summed E-state index contributed by atoms with van der Waals surface area (Å²) in [6, 6.07) is 9.59. The Kier molecular flexibility index (Phi) is 4.48. The van der Waals surface area contributed by atoms with Crippen molar-refractivity contribution in [2.45, 2.75) is 6.18 Å². The van der Waals surface area contributed by atoms with E-state index in [4.69, 9.17) is 9.36 Å². The zero-order chi connectivity index (χ0) is 23.5. The summed E-state index contributed by atoms with van der Waals surface area (Å²) in [5, 5.41) is 6.48. The molecule has 0 aliphatic rings. The summed E-state index contributed by atoms with van der Waals surface area (Å²) in [5.41, 5.74) is -4.11. The fraction of sp³-hybridized carbons (Fsp3) is 0.0952. The first kappa shape index (κ1) is 20.7. The van der Waals surface area contributed by atoms with Crippen LogP contribution in [0.5, 0.6) is 0 Å². The van der Waals surface area contributed by atoms with Gasteiger partial charge in [-0.2, -0.15) is 13.2 Å². The van der Waals surface area contributed by atoms with Crippen LogP contribution in [0.25, 0.3) is 38.9 Å². The maximum atomic E-state index is 14.4. The van der Waals surface area contributed by atoms with Gasteiger partial charge in [0.2, 0.25) is 5.65 Å². The van der Waals surface area contributed by atoms with Crippen LogP contribution < -0.4 is 10.4 Å². The Labute approximate surface area is 180 Å². The third-order valence-electron chi connectivity index (χ3n) is 5.01. The number of pyridine rings is 1. The Morgan fingerprint density at radius 2 is 1.79 bits per heavy atom. The molecule has 0 aliphatic carbocycles. The minimum absolute atomic E-state index is 0.151. The molecule has 0 spiro atoms. The minimum atomic E-state index is -5.02. The van der Waals surface area contributed by atoms with Crippen LogP contribution in [-0.4, -0.2) is 26.8 Å². The Bertz CT molecular complexity index is 1600. The van der Waals surface area contributed by atoms with Gasteiger partial charge in [-0.15, -0.1) is 9.83 Å². The monoisotopic (exact) mass is 462 g/mol. The number of hydrogen-bond donors (Lipinski definition) is 0. The van der Waals surface area contributed by atoms with Gasteiger partial charge in [-0.05, 0) is 30.3 Å².